The van der Waals surface area contributed by atoms with Crippen molar-refractivity contribution < 1.29 is 27.0 Å². The number of rotatable bonds is 2. The lowest BCUT2D eigenvalue weighted by atomic mass is 9.77. The van der Waals surface area contributed by atoms with E-state index in [2.05, 4.69) is 11.8 Å². The third kappa shape index (κ3) is 2.81. The third-order valence-electron chi connectivity index (χ3n) is 5.73. The molecule has 0 aromatic rings. The summed E-state index contributed by atoms with van der Waals surface area (Å²) in [6.45, 7) is 4.84. The van der Waals surface area contributed by atoms with Gasteiger partial charge < -0.3 is 27.2 Å². The van der Waals surface area contributed by atoms with Crippen LogP contribution in [0.3, 0.4) is 0 Å². The van der Waals surface area contributed by atoms with Gasteiger partial charge in [0.05, 0.1) is 11.5 Å². The fraction of sp³-hybridized carbons (Fsp3) is 0.824. The fourth-order valence-electron chi connectivity index (χ4n) is 4.65. The number of aliphatic hydroxyl groups is 1. The standard InChI is InChI=1S/C17H27NO3.ClH/c1-10-5-6-12-13(9-18(3)4)16(19)21-15(12)14-11(10)7-8-17(14,2)20;/h12-15,20H,5-9H2,1-4H3;1H/p-1/t12-,13-,14-,15-,17+;/m0./s1. The highest BCUT2D eigenvalue weighted by Gasteiger charge is 2.56. The molecule has 5 heteroatoms. The van der Waals surface area contributed by atoms with Gasteiger partial charge in [0, 0.05) is 18.4 Å². The van der Waals surface area contributed by atoms with E-state index in [-0.39, 0.29) is 42.2 Å². The summed E-state index contributed by atoms with van der Waals surface area (Å²) in [5, 5.41) is 10.8. The Morgan fingerprint density at radius 3 is 2.68 bits per heavy atom. The molecule has 3 rings (SSSR count). The second kappa shape index (κ2) is 6.14. The molecular formula is C17H27ClNO3-. The summed E-state index contributed by atoms with van der Waals surface area (Å²) in [5.41, 5.74) is 2.02. The summed E-state index contributed by atoms with van der Waals surface area (Å²) in [6.07, 6.45) is 3.62. The van der Waals surface area contributed by atoms with Crippen molar-refractivity contribution in [3.05, 3.63) is 11.1 Å². The summed E-state index contributed by atoms with van der Waals surface area (Å²) in [6, 6.07) is 0. The van der Waals surface area contributed by atoms with E-state index in [1.165, 1.54) is 11.1 Å². The van der Waals surface area contributed by atoms with Gasteiger partial charge in [0.2, 0.25) is 0 Å². The highest BCUT2D eigenvalue weighted by molar-refractivity contribution is 5.76. The fourth-order valence-corrected chi connectivity index (χ4v) is 4.65. The van der Waals surface area contributed by atoms with E-state index >= 15 is 0 Å². The summed E-state index contributed by atoms with van der Waals surface area (Å²) in [4.78, 5) is 14.4. The van der Waals surface area contributed by atoms with Gasteiger partial charge in [0.1, 0.15) is 6.10 Å². The van der Waals surface area contributed by atoms with Crippen molar-refractivity contribution in [2.75, 3.05) is 20.6 Å². The van der Waals surface area contributed by atoms with E-state index in [0.29, 0.717) is 0 Å². The third-order valence-corrected chi connectivity index (χ3v) is 5.73. The first-order valence-electron chi connectivity index (χ1n) is 8.07. The van der Waals surface area contributed by atoms with Crippen molar-refractivity contribution >= 4 is 5.97 Å². The highest BCUT2D eigenvalue weighted by atomic mass is 35.5. The molecule has 4 nitrogen and oxygen atoms in total. The van der Waals surface area contributed by atoms with E-state index < -0.39 is 5.60 Å². The Morgan fingerprint density at radius 2 is 2.05 bits per heavy atom. The zero-order valence-corrected chi connectivity index (χ0v) is 14.7. The summed E-state index contributed by atoms with van der Waals surface area (Å²) in [5.74, 6) is 0.122. The van der Waals surface area contributed by atoms with Gasteiger partial charge >= 0.3 is 5.97 Å². The molecule has 0 bridgehead atoms. The molecule has 0 aromatic carbocycles. The molecule has 1 aliphatic heterocycles. The minimum atomic E-state index is -0.739. The first-order valence-corrected chi connectivity index (χ1v) is 8.07. The normalized spacial score (nSPS) is 40.9. The van der Waals surface area contributed by atoms with Crippen LogP contribution in [0, 0.1) is 17.8 Å². The second-order valence-corrected chi connectivity index (χ2v) is 7.61. The van der Waals surface area contributed by atoms with E-state index in [1.807, 2.05) is 21.0 Å². The molecule has 0 amide bonds. The minimum absolute atomic E-state index is 0. The van der Waals surface area contributed by atoms with Crippen LogP contribution in [0.4, 0.5) is 0 Å². The molecule has 0 radical (unpaired) electrons. The van der Waals surface area contributed by atoms with Crippen LogP contribution in [0.1, 0.15) is 39.5 Å². The Balaban J connectivity index is 0.00000176. The minimum Gasteiger partial charge on any atom is -1.00 e. The number of fused-ring (bicyclic) bond motifs is 3. The van der Waals surface area contributed by atoms with E-state index in [4.69, 9.17) is 4.74 Å². The average molecular weight is 329 g/mol. The average Bonchev–Trinajstić information content (AvgIpc) is 2.79. The van der Waals surface area contributed by atoms with Crippen molar-refractivity contribution in [1.82, 2.24) is 4.90 Å². The smallest absolute Gasteiger partial charge is 0.310 e. The molecule has 22 heavy (non-hydrogen) atoms. The van der Waals surface area contributed by atoms with Gasteiger partial charge in [0.15, 0.2) is 0 Å². The number of halogens is 1. The van der Waals surface area contributed by atoms with E-state index in [1.54, 1.807) is 0 Å². The van der Waals surface area contributed by atoms with Crippen molar-refractivity contribution in [2.45, 2.75) is 51.2 Å². The van der Waals surface area contributed by atoms with Crippen LogP contribution in [0.2, 0.25) is 0 Å². The zero-order chi connectivity index (χ0) is 15.4. The molecular weight excluding hydrogens is 302 g/mol. The molecule has 5 atom stereocenters. The molecule has 1 N–H and O–H groups in total. The number of carbonyl (C=O) groups is 1. The number of ether oxygens (including phenoxy) is 1. The number of esters is 1. The van der Waals surface area contributed by atoms with Gasteiger partial charge in [-0.1, -0.05) is 11.1 Å². The molecule has 1 heterocycles. The maximum atomic E-state index is 12.3. The molecule has 2 aliphatic carbocycles. The first kappa shape index (κ1) is 17.8. The molecule has 3 aliphatic rings. The number of allylic oxidation sites excluding steroid dienone is 1. The summed E-state index contributed by atoms with van der Waals surface area (Å²) < 4.78 is 5.80. The summed E-state index contributed by atoms with van der Waals surface area (Å²) >= 11 is 0. The highest BCUT2D eigenvalue weighted by Crippen LogP contribution is 2.52. The molecule has 0 aromatic heterocycles. The molecule has 2 fully saturated rings. The number of carbonyl (C=O) groups excluding carboxylic acids is 1. The molecule has 1 saturated carbocycles. The molecule has 0 spiro atoms. The van der Waals surface area contributed by atoms with Gasteiger partial charge in [-0.15, -0.1) is 0 Å². The van der Waals surface area contributed by atoms with Gasteiger partial charge in [0.25, 0.3) is 0 Å². The van der Waals surface area contributed by atoms with Crippen molar-refractivity contribution in [3.63, 3.8) is 0 Å². The Morgan fingerprint density at radius 1 is 1.36 bits per heavy atom. The van der Waals surface area contributed by atoms with Crippen LogP contribution < -0.4 is 12.4 Å². The largest absolute Gasteiger partial charge is 1.00 e. The maximum Gasteiger partial charge on any atom is 0.310 e. The van der Waals surface area contributed by atoms with Gasteiger partial charge in [-0.25, -0.2) is 0 Å². The van der Waals surface area contributed by atoms with Gasteiger partial charge in [-0.3, -0.25) is 4.79 Å². The van der Waals surface area contributed by atoms with Crippen LogP contribution in [0.25, 0.3) is 0 Å². The Hall–Kier alpha value is -0.580. The van der Waals surface area contributed by atoms with Crippen LogP contribution >= 0.6 is 0 Å². The Bertz CT molecular complexity index is 486. The number of hydrogen-bond donors (Lipinski definition) is 1. The SMILES string of the molecule is CC1=C2CC[C@@](C)(O)[C@@H]2[C@H]2OC(=O)[C@@H](CN(C)C)[C@@H]2CC1.[Cl-]. The molecule has 0 unspecified atom stereocenters. The van der Waals surface area contributed by atoms with Gasteiger partial charge in [-0.05, 0) is 53.6 Å². The van der Waals surface area contributed by atoms with Gasteiger partial charge in [-0.2, -0.15) is 0 Å². The van der Waals surface area contributed by atoms with Crippen molar-refractivity contribution in [1.29, 1.82) is 0 Å². The number of nitrogens with zero attached hydrogens (tertiary/aromatic N) is 1. The topological polar surface area (TPSA) is 49.8 Å². The second-order valence-electron chi connectivity index (χ2n) is 7.61. The lowest BCUT2D eigenvalue weighted by Crippen LogP contribution is -3.00. The summed E-state index contributed by atoms with van der Waals surface area (Å²) in [7, 11) is 4.00. The lowest BCUT2D eigenvalue weighted by molar-refractivity contribution is -0.148. The van der Waals surface area contributed by atoms with Crippen LogP contribution in [-0.2, 0) is 9.53 Å². The molecule has 1 saturated heterocycles. The van der Waals surface area contributed by atoms with Crippen molar-refractivity contribution in [2.24, 2.45) is 17.8 Å². The monoisotopic (exact) mass is 328 g/mol. The predicted molar refractivity (Wildman–Crippen MR) is 80.7 cm³/mol. The van der Waals surface area contributed by atoms with Crippen molar-refractivity contribution in [3.8, 4) is 0 Å². The van der Waals surface area contributed by atoms with Crippen LogP contribution in [0.5, 0.6) is 0 Å². The van der Waals surface area contributed by atoms with Crippen LogP contribution in [-0.4, -0.2) is 48.3 Å². The Kier molecular flexibility index (Phi) is 4.96. The quantitative estimate of drug-likeness (QED) is 0.521. The Labute approximate surface area is 139 Å². The zero-order valence-electron chi connectivity index (χ0n) is 13.9. The molecule has 126 valence electrons. The first-order chi connectivity index (χ1) is 9.81. The van der Waals surface area contributed by atoms with E-state index in [0.717, 1.165) is 32.2 Å². The van der Waals surface area contributed by atoms with E-state index in [9.17, 15) is 9.90 Å². The predicted octanol–water partition coefficient (Wildman–Crippen LogP) is -1.02. The maximum absolute atomic E-state index is 12.3. The van der Waals surface area contributed by atoms with Crippen LogP contribution in [0.15, 0.2) is 11.1 Å². The number of hydrogen-bond acceptors (Lipinski definition) is 4. The lowest BCUT2D eigenvalue weighted by Gasteiger charge is -2.33.